The highest BCUT2D eigenvalue weighted by Crippen LogP contribution is 2.28. The molecule has 0 saturated heterocycles. The number of hydrazone groups is 1. The second-order valence-corrected chi connectivity index (χ2v) is 6.64. The molecule has 5 nitrogen and oxygen atoms in total. The fourth-order valence-electron chi connectivity index (χ4n) is 2.73. The van der Waals surface area contributed by atoms with Gasteiger partial charge in [-0.1, -0.05) is 60.2 Å². The number of carbonyl (C=O) groups is 1. The monoisotopic (exact) mass is 388 g/mol. The maximum atomic E-state index is 12.0. The van der Waals surface area contributed by atoms with Crippen LogP contribution >= 0.6 is 0 Å². The van der Waals surface area contributed by atoms with Crippen LogP contribution < -0.4 is 14.9 Å². The second kappa shape index (κ2) is 10.1. The number of hydrogen-bond acceptors (Lipinski definition) is 4. The van der Waals surface area contributed by atoms with E-state index in [9.17, 15) is 4.79 Å². The Balaban J connectivity index is 1.56. The molecule has 3 rings (SSSR count). The smallest absolute Gasteiger partial charge is 0.244 e. The molecule has 0 aromatic heterocycles. The van der Waals surface area contributed by atoms with Gasteiger partial charge in [0.25, 0.3) is 0 Å². The molecule has 0 unspecified atom stereocenters. The van der Waals surface area contributed by atoms with Crippen molar-refractivity contribution in [1.82, 2.24) is 5.43 Å². The van der Waals surface area contributed by atoms with Crippen molar-refractivity contribution in [1.29, 1.82) is 0 Å². The van der Waals surface area contributed by atoms with Gasteiger partial charge in [-0.2, -0.15) is 5.10 Å². The number of nitrogens with zero attached hydrogens (tertiary/aromatic N) is 1. The zero-order chi connectivity index (χ0) is 20.5. The summed E-state index contributed by atoms with van der Waals surface area (Å²) in [6.45, 7) is 2.47. The maximum Gasteiger partial charge on any atom is 0.244 e. The average molecular weight is 388 g/mol. The van der Waals surface area contributed by atoms with Crippen LogP contribution in [0.2, 0.25) is 0 Å². The third kappa shape index (κ3) is 6.21. The first kappa shape index (κ1) is 20.1. The number of amides is 1. The van der Waals surface area contributed by atoms with Crippen LogP contribution in [0.25, 0.3) is 0 Å². The molecule has 0 spiro atoms. The Labute approximate surface area is 171 Å². The van der Waals surface area contributed by atoms with Crippen LogP contribution in [-0.2, 0) is 17.8 Å². The molecule has 0 bridgehead atoms. The van der Waals surface area contributed by atoms with Crippen LogP contribution in [0.3, 0.4) is 0 Å². The van der Waals surface area contributed by atoms with Gasteiger partial charge in [-0.3, -0.25) is 4.79 Å². The van der Waals surface area contributed by atoms with E-state index in [1.165, 1.54) is 0 Å². The molecular formula is C24H24N2O3. The lowest BCUT2D eigenvalue weighted by Gasteiger charge is -2.11. The van der Waals surface area contributed by atoms with Crippen molar-refractivity contribution in [3.63, 3.8) is 0 Å². The lowest BCUT2D eigenvalue weighted by atomic mass is 10.1. The molecule has 148 valence electrons. The van der Waals surface area contributed by atoms with Gasteiger partial charge in [-0.25, -0.2) is 5.43 Å². The van der Waals surface area contributed by atoms with Crippen molar-refractivity contribution in [3.8, 4) is 11.5 Å². The Morgan fingerprint density at radius 3 is 2.45 bits per heavy atom. The second-order valence-electron chi connectivity index (χ2n) is 6.64. The minimum Gasteiger partial charge on any atom is -0.493 e. The minimum atomic E-state index is -0.167. The highest BCUT2D eigenvalue weighted by molar-refractivity contribution is 5.84. The first-order chi connectivity index (χ1) is 14.1. The topological polar surface area (TPSA) is 59.9 Å². The van der Waals surface area contributed by atoms with E-state index in [2.05, 4.69) is 10.5 Å². The summed E-state index contributed by atoms with van der Waals surface area (Å²) in [4.78, 5) is 12.0. The lowest BCUT2D eigenvalue weighted by molar-refractivity contribution is -0.120. The van der Waals surface area contributed by atoms with Gasteiger partial charge >= 0.3 is 0 Å². The SMILES string of the molecule is COc1cc(/C=N\NC(=O)Cc2ccc(C)cc2)ccc1OCc1ccccc1. The standard InChI is InChI=1S/C24H24N2O3/c1-18-8-10-19(11-9-18)15-24(27)26-25-16-21-12-13-22(23(14-21)28-2)29-17-20-6-4-3-5-7-20/h3-14,16H,15,17H2,1-2H3,(H,26,27)/b25-16-. The Hall–Kier alpha value is -3.60. The van der Waals surface area contributed by atoms with E-state index in [-0.39, 0.29) is 12.3 Å². The lowest BCUT2D eigenvalue weighted by Crippen LogP contribution is -2.19. The van der Waals surface area contributed by atoms with E-state index < -0.39 is 0 Å². The summed E-state index contributed by atoms with van der Waals surface area (Å²) in [7, 11) is 1.59. The Bertz CT molecular complexity index is 967. The molecule has 1 amide bonds. The van der Waals surface area contributed by atoms with Gasteiger partial charge in [0.05, 0.1) is 19.7 Å². The van der Waals surface area contributed by atoms with Crippen molar-refractivity contribution in [2.45, 2.75) is 20.0 Å². The van der Waals surface area contributed by atoms with Crippen molar-refractivity contribution < 1.29 is 14.3 Å². The molecule has 29 heavy (non-hydrogen) atoms. The van der Waals surface area contributed by atoms with E-state index in [1.54, 1.807) is 13.3 Å². The number of carbonyl (C=O) groups excluding carboxylic acids is 1. The van der Waals surface area contributed by atoms with E-state index in [1.807, 2.05) is 79.7 Å². The van der Waals surface area contributed by atoms with Gasteiger partial charge in [-0.15, -0.1) is 0 Å². The molecule has 0 fully saturated rings. The van der Waals surface area contributed by atoms with Crippen molar-refractivity contribution in [2.75, 3.05) is 7.11 Å². The van der Waals surface area contributed by atoms with Gasteiger partial charge in [0.15, 0.2) is 11.5 Å². The Morgan fingerprint density at radius 2 is 1.72 bits per heavy atom. The predicted octanol–water partition coefficient (Wildman–Crippen LogP) is 4.28. The highest BCUT2D eigenvalue weighted by Gasteiger charge is 2.06. The molecule has 0 heterocycles. The zero-order valence-corrected chi connectivity index (χ0v) is 16.6. The summed E-state index contributed by atoms with van der Waals surface area (Å²) >= 11 is 0. The first-order valence-corrected chi connectivity index (χ1v) is 9.36. The molecule has 0 aliphatic heterocycles. The number of ether oxygens (including phenoxy) is 2. The molecule has 3 aromatic carbocycles. The van der Waals surface area contributed by atoms with Gasteiger partial charge in [0.2, 0.25) is 5.91 Å². The average Bonchev–Trinajstić information content (AvgIpc) is 2.75. The summed E-state index contributed by atoms with van der Waals surface area (Å²) in [5.41, 5.74) is 6.54. The van der Waals surface area contributed by atoms with E-state index in [4.69, 9.17) is 9.47 Å². The Kier molecular flexibility index (Phi) is 7.00. The quantitative estimate of drug-likeness (QED) is 0.463. The number of aryl methyl sites for hydroxylation is 1. The van der Waals surface area contributed by atoms with Crippen LogP contribution in [0.4, 0.5) is 0 Å². The summed E-state index contributed by atoms with van der Waals surface area (Å²) in [5.74, 6) is 1.09. The molecule has 0 radical (unpaired) electrons. The zero-order valence-electron chi connectivity index (χ0n) is 16.6. The summed E-state index contributed by atoms with van der Waals surface area (Å²) in [6.07, 6.45) is 1.86. The highest BCUT2D eigenvalue weighted by atomic mass is 16.5. The largest absolute Gasteiger partial charge is 0.493 e. The van der Waals surface area contributed by atoms with Crippen molar-refractivity contribution in [2.24, 2.45) is 5.10 Å². The van der Waals surface area contributed by atoms with Crippen LogP contribution in [0, 0.1) is 6.92 Å². The van der Waals surface area contributed by atoms with E-state index >= 15 is 0 Å². The summed E-state index contributed by atoms with van der Waals surface area (Å²) in [5, 5.41) is 4.03. The normalized spacial score (nSPS) is 10.7. The summed E-state index contributed by atoms with van der Waals surface area (Å²) in [6, 6.07) is 23.3. The molecule has 0 aliphatic carbocycles. The molecule has 0 atom stereocenters. The minimum absolute atomic E-state index is 0.167. The van der Waals surface area contributed by atoms with Crippen molar-refractivity contribution in [3.05, 3.63) is 95.1 Å². The number of benzene rings is 3. The van der Waals surface area contributed by atoms with Gasteiger partial charge in [0, 0.05) is 0 Å². The predicted molar refractivity (Wildman–Crippen MR) is 114 cm³/mol. The fraction of sp³-hybridized carbons (Fsp3) is 0.167. The number of methoxy groups -OCH3 is 1. The fourth-order valence-corrected chi connectivity index (χ4v) is 2.73. The van der Waals surface area contributed by atoms with E-state index in [0.29, 0.717) is 18.1 Å². The van der Waals surface area contributed by atoms with Gasteiger partial charge in [-0.05, 0) is 41.8 Å². The third-order valence-corrected chi connectivity index (χ3v) is 4.31. The van der Waals surface area contributed by atoms with Crippen LogP contribution in [0.5, 0.6) is 11.5 Å². The van der Waals surface area contributed by atoms with Crippen LogP contribution in [0.15, 0.2) is 77.9 Å². The first-order valence-electron chi connectivity index (χ1n) is 9.36. The number of hydrogen-bond donors (Lipinski definition) is 1. The third-order valence-electron chi connectivity index (χ3n) is 4.31. The van der Waals surface area contributed by atoms with Crippen LogP contribution in [0.1, 0.15) is 22.3 Å². The molecule has 0 saturated carbocycles. The van der Waals surface area contributed by atoms with Crippen molar-refractivity contribution >= 4 is 12.1 Å². The maximum absolute atomic E-state index is 12.0. The number of nitrogens with one attached hydrogen (secondary N) is 1. The van der Waals surface area contributed by atoms with Gasteiger partial charge < -0.3 is 9.47 Å². The molecule has 0 aliphatic rings. The van der Waals surface area contributed by atoms with Gasteiger partial charge in [0.1, 0.15) is 6.61 Å². The van der Waals surface area contributed by atoms with E-state index in [0.717, 1.165) is 22.3 Å². The van der Waals surface area contributed by atoms with Crippen LogP contribution in [-0.4, -0.2) is 19.2 Å². The molecule has 3 aromatic rings. The Morgan fingerprint density at radius 1 is 0.966 bits per heavy atom. The molecule has 1 N–H and O–H groups in total. The molecular weight excluding hydrogens is 364 g/mol. The number of rotatable bonds is 8. The molecule has 5 heteroatoms. The summed E-state index contributed by atoms with van der Waals surface area (Å²) < 4.78 is 11.3.